The first-order valence-corrected chi connectivity index (χ1v) is 5.38. The predicted octanol–water partition coefficient (Wildman–Crippen LogP) is 2.32. The van der Waals surface area contributed by atoms with Crippen molar-refractivity contribution in [2.75, 3.05) is 0 Å². The molecule has 1 aromatic rings. The highest BCUT2D eigenvalue weighted by Crippen LogP contribution is 2.08. The van der Waals surface area contributed by atoms with Gasteiger partial charge in [-0.05, 0) is 18.4 Å². The van der Waals surface area contributed by atoms with E-state index in [4.69, 9.17) is 0 Å². The fourth-order valence-electron chi connectivity index (χ4n) is 1.23. The SMILES string of the molecule is CC(C)NC(C)C(=O)c1ccsc1. The smallest absolute Gasteiger partial charge is 0.180 e. The molecule has 3 heteroatoms. The Labute approximate surface area is 83.0 Å². The Morgan fingerprint density at radius 2 is 2.15 bits per heavy atom. The molecule has 2 nitrogen and oxygen atoms in total. The summed E-state index contributed by atoms with van der Waals surface area (Å²) in [6, 6.07) is 2.12. The van der Waals surface area contributed by atoms with Gasteiger partial charge in [-0.15, -0.1) is 0 Å². The quantitative estimate of drug-likeness (QED) is 0.750. The summed E-state index contributed by atoms with van der Waals surface area (Å²) in [4.78, 5) is 11.7. The molecule has 1 N–H and O–H groups in total. The number of carbonyl (C=O) groups is 1. The van der Waals surface area contributed by atoms with Crippen molar-refractivity contribution in [3.05, 3.63) is 22.4 Å². The zero-order chi connectivity index (χ0) is 9.84. The van der Waals surface area contributed by atoms with E-state index in [1.807, 2.05) is 37.6 Å². The molecule has 72 valence electrons. The Hall–Kier alpha value is -0.670. The summed E-state index contributed by atoms with van der Waals surface area (Å²) >= 11 is 1.56. The molecule has 0 saturated heterocycles. The molecule has 0 aromatic carbocycles. The van der Waals surface area contributed by atoms with Gasteiger partial charge < -0.3 is 5.32 Å². The average molecular weight is 197 g/mol. The number of nitrogens with one attached hydrogen (secondary N) is 1. The molecular formula is C10H15NOS. The maximum Gasteiger partial charge on any atom is 0.180 e. The monoisotopic (exact) mass is 197 g/mol. The fraction of sp³-hybridized carbons (Fsp3) is 0.500. The molecule has 13 heavy (non-hydrogen) atoms. The molecule has 0 radical (unpaired) electrons. The molecule has 1 rings (SSSR count). The third-order valence-corrected chi connectivity index (χ3v) is 2.47. The van der Waals surface area contributed by atoms with Gasteiger partial charge >= 0.3 is 0 Å². The Bertz CT molecular complexity index is 266. The number of Topliss-reactive ketones (excluding diaryl/α,β-unsaturated/α-hetero) is 1. The van der Waals surface area contributed by atoms with Crippen LogP contribution < -0.4 is 5.32 Å². The zero-order valence-corrected chi connectivity index (χ0v) is 9.02. The number of rotatable bonds is 4. The molecule has 1 aromatic heterocycles. The summed E-state index contributed by atoms with van der Waals surface area (Å²) in [7, 11) is 0. The molecule has 1 atom stereocenters. The van der Waals surface area contributed by atoms with E-state index in [-0.39, 0.29) is 11.8 Å². The first-order chi connectivity index (χ1) is 6.11. The van der Waals surface area contributed by atoms with E-state index in [1.54, 1.807) is 11.3 Å². The van der Waals surface area contributed by atoms with E-state index < -0.39 is 0 Å². The first kappa shape index (κ1) is 10.4. The third-order valence-electron chi connectivity index (χ3n) is 1.78. The summed E-state index contributed by atoms with van der Waals surface area (Å²) in [5, 5.41) is 7.00. The van der Waals surface area contributed by atoms with Gasteiger partial charge in [0.1, 0.15) is 0 Å². The summed E-state index contributed by atoms with van der Waals surface area (Å²) in [5.41, 5.74) is 0.811. The Kier molecular flexibility index (Phi) is 3.63. The largest absolute Gasteiger partial charge is 0.305 e. The van der Waals surface area contributed by atoms with Gasteiger partial charge in [-0.2, -0.15) is 11.3 Å². The minimum absolute atomic E-state index is 0.0883. The molecule has 1 heterocycles. The molecule has 0 bridgehead atoms. The summed E-state index contributed by atoms with van der Waals surface area (Å²) < 4.78 is 0. The van der Waals surface area contributed by atoms with Crippen molar-refractivity contribution in [3.63, 3.8) is 0 Å². The standard InChI is InChI=1S/C10H15NOS/c1-7(2)11-8(3)10(12)9-4-5-13-6-9/h4-8,11H,1-3H3. The second kappa shape index (κ2) is 4.53. The van der Waals surface area contributed by atoms with Crippen LogP contribution in [0.3, 0.4) is 0 Å². The lowest BCUT2D eigenvalue weighted by Gasteiger charge is -2.14. The van der Waals surface area contributed by atoms with Crippen molar-refractivity contribution in [1.82, 2.24) is 5.32 Å². The molecule has 0 aliphatic heterocycles. The van der Waals surface area contributed by atoms with Crippen molar-refractivity contribution in [2.45, 2.75) is 32.9 Å². The zero-order valence-electron chi connectivity index (χ0n) is 8.20. The van der Waals surface area contributed by atoms with Crippen LogP contribution in [0.1, 0.15) is 31.1 Å². The number of carbonyl (C=O) groups excluding carboxylic acids is 1. The lowest BCUT2D eigenvalue weighted by molar-refractivity contribution is 0.0947. The topological polar surface area (TPSA) is 29.1 Å². The number of thiophene rings is 1. The van der Waals surface area contributed by atoms with Crippen LogP contribution in [0.4, 0.5) is 0 Å². The molecular weight excluding hydrogens is 182 g/mol. The predicted molar refractivity (Wildman–Crippen MR) is 56.4 cm³/mol. The Morgan fingerprint density at radius 1 is 1.46 bits per heavy atom. The van der Waals surface area contributed by atoms with E-state index in [0.717, 1.165) is 5.56 Å². The number of ketones is 1. The van der Waals surface area contributed by atoms with Crippen LogP contribution in [0.2, 0.25) is 0 Å². The lowest BCUT2D eigenvalue weighted by Crippen LogP contribution is -2.38. The maximum absolute atomic E-state index is 11.7. The van der Waals surface area contributed by atoms with Crippen molar-refractivity contribution < 1.29 is 4.79 Å². The van der Waals surface area contributed by atoms with E-state index in [9.17, 15) is 4.79 Å². The highest BCUT2D eigenvalue weighted by Gasteiger charge is 2.15. The van der Waals surface area contributed by atoms with Crippen molar-refractivity contribution >= 4 is 17.1 Å². The van der Waals surface area contributed by atoms with Crippen LogP contribution in [-0.4, -0.2) is 17.9 Å². The summed E-state index contributed by atoms with van der Waals surface area (Å²) in [5.74, 6) is 0.176. The lowest BCUT2D eigenvalue weighted by atomic mass is 10.1. The Morgan fingerprint density at radius 3 is 2.62 bits per heavy atom. The third kappa shape index (κ3) is 2.94. The number of hydrogen-bond acceptors (Lipinski definition) is 3. The highest BCUT2D eigenvalue weighted by atomic mass is 32.1. The molecule has 0 fully saturated rings. The van der Waals surface area contributed by atoms with Crippen LogP contribution in [0.5, 0.6) is 0 Å². The summed E-state index contributed by atoms with van der Waals surface area (Å²) in [6.45, 7) is 5.98. The number of hydrogen-bond donors (Lipinski definition) is 1. The van der Waals surface area contributed by atoms with Gasteiger partial charge in [0.15, 0.2) is 5.78 Å². The van der Waals surface area contributed by atoms with Gasteiger partial charge in [0.25, 0.3) is 0 Å². The second-order valence-corrected chi connectivity index (χ2v) is 4.20. The molecule has 1 unspecified atom stereocenters. The van der Waals surface area contributed by atoms with E-state index in [2.05, 4.69) is 5.32 Å². The van der Waals surface area contributed by atoms with E-state index in [0.29, 0.717) is 6.04 Å². The molecule has 0 saturated carbocycles. The van der Waals surface area contributed by atoms with Gasteiger partial charge in [0.05, 0.1) is 6.04 Å². The van der Waals surface area contributed by atoms with Crippen LogP contribution in [0, 0.1) is 0 Å². The van der Waals surface area contributed by atoms with E-state index >= 15 is 0 Å². The highest BCUT2D eigenvalue weighted by molar-refractivity contribution is 7.08. The van der Waals surface area contributed by atoms with Gasteiger partial charge in [0, 0.05) is 17.0 Å². The maximum atomic E-state index is 11.7. The fourth-order valence-corrected chi connectivity index (χ4v) is 1.88. The van der Waals surface area contributed by atoms with Crippen molar-refractivity contribution in [1.29, 1.82) is 0 Å². The Balaban J connectivity index is 2.58. The van der Waals surface area contributed by atoms with Gasteiger partial charge in [0.2, 0.25) is 0 Å². The molecule has 0 aliphatic carbocycles. The van der Waals surface area contributed by atoms with E-state index in [1.165, 1.54) is 0 Å². The first-order valence-electron chi connectivity index (χ1n) is 4.43. The van der Waals surface area contributed by atoms with Crippen LogP contribution in [0.15, 0.2) is 16.8 Å². The second-order valence-electron chi connectivity index (χ2n) is 3.42. The normalized spacial score (nSPS) is 13.2. The van der Waals surface area contributed by atoms with Crippen molar-refractivity contribution in [2.24, 2.45) is 0 Å². The van der Waals surface area contributed by atoms with Gasteiger partial charge in [-0.1, -0.05) is 13.8 Å². The minimum atomic E-state index is -0.0883. The van der Waals surface area contributed by atoms with Gasteiger partial charge in [-0.3, -0.25) is 4.79 Å². The van der Waals surface area contributed by atoms with Crippen LogP contribution >= 0.6 is 11.3 Å². The minimum Gasteiger partial charge on any atom is -0.305 e. The average Bonchev–Trinajstić information content (AvgIpc) is 2.53. The molecule has 0 spiro atoms. The molecule has 0 aliphatic rings. The molecule has 0 amide bonds. The van der Waals surface area contributed by atoms with Crippen LogP contribution in [-0.2, 0) is 0 Å². The van der Waals surface area contributed by atoms with Gasteiger partial charge in [-0.25, -0.2) is 0 Å². The van der Waals surface area contributed by atoms with Crippen LogP contribution in [0.25, 0.3) is 0 Å². The van der Waals surface area contributed by atoms with Crippen molar-refractivity contribution in [3.8, 4) is 0 Å². The summed E-state index contributed by atoms with van der Waals surface area (Å²) in [6.07, 6.45) is 0.